The van der Waals surface area contributed by atoms with E-state index in [2.05, 4.69) is 4.90 Å². The topological polar surface area (TPSA) is 40.5 Å². The van der Waals surface area contributed by atoms with Gasteiger partial charge in [-0.25, -0.2) is 4.39 Å². The third-order valence-electron chi connectivity index (χ3n) is 4.07. The molecule has 0 amide bonds. The molecule has 0 saturated heterocycles. The standard InChI is InChI=1S/C16H22FNO2/c1-12(16(19)20)10-18(15-4-2-3-5-15)11-13-6-8-14(17)9-7-13/h6-9,12,15H,2-5,10-11H2,1H3,(H,19,20). The van der Waals surface area contributed by atoms with Crippen molar-refractivity contribution in [2.75, 3.05) is 6.54 Å². The number of carboxylic acids is 1. The molecule has 2 rings (SSSR count). The van der Waals surface area contributed by atoms with Crippen LogP contribution in [0.4, 0.5) is 4.39 Å². The van der Waals surface area contributed by atoms with Crippen LogP contribution in [0.15, 0.2) is 24.3 Å². The summed E-state index contributed by atoms with van der Waals surface area (Å²) in [5.74, 6) is -1.37. The number of nitrogens with zero attached hydrogens (tertiary/aromatic N) is 1. The SMILES string of the molecule is CC(CN(Cc1ccc(F)cc1)C1CCCC1)C(=O)O. The summed E-state index contributed by atoms with van der Waals surface area (Å²) in [6, 6.07) is 6.94. The normalized spacial score (nSPS) is 17.6. The molecule has 110 valence electrons. The van der Waals surface area contributed by atoms with Crippen molar-refractivity contribution in [1.82, 2.24) is 4.90 Å². The zero-order chi connectivity index (χ0) is 14.5. The minimum absolute atomic E-state index is 0.236. The van der Waals surface area contributed by atoms with Gasteiger partial charge in [0.05, 0.1) is 5.92 Å². The Bertz CT molecular complexity index is 440. The van der Waals surface area contributed by atoms with Crippen molar-refractivity contribution >= 4 is 5.97 Å². The van der Waals surface area contributed by atoms with Crippen LogP contribution in [0.5, 0.6) is 0 Å². The van der Waals surface area contributed by atoms with Gasteiger partial charge in [0.1, 0.15) is 5.82 Å². The van der Waals surface area contributed by atoms with Gasteiger partial charge < -0.3 is 5.11 Å². The Morgan fingerprint density at radius 3 is 2.50 bits per heavy atom. The van der Waals surface area contributed by atoms with Gasteiger partial charge in [0.25, 0.3) is 0 Å². The summed E-state index contributed by atoms with van der Waals surface area (Å²) >= 11 is 0. The highest BCUT2D eigenvalue weighted by Gasteiger charge is 2.25. The summed E-state index contributed by atoms with van der Waals surface area (Å²) in [7, 11) is 0. The van der Waals surface area contributed by atoms with Crippen LogP contribution < -0.4 is 0 Å². The first kappa shape index (κ1) is 15.0. The van der Waals surface area contributed by atoms with Crippen molar-refractivity contribution in [2.24, 2.45) is 5.92 Å². The maximum absolute atomic E-state index is 12.9. The molecule has 0 aliphatic heterocycles. The average Bonchev–Trinajstić information content (AvgIpc) is 2.94. The molecule has 0 bridgehead atoms. The summed E-state index contributed by atoms with van der Waals surface area (Å²) in [5.41, 5.74) is 1.04. The average molecular weight is 279 g/mol. The van der Waals surface area contributed by atoms with Gasteiger partial charge in [0.2, 0.25) is 0 Å². The molecule has 0 heterocycles. The van der Waals surface area contributed by atoms with Crippen LogP contribution in [0.2, 0.25) is 0 Å². The molecule has 0 aromatic heterocycles. The van der Waals surface area contributed by atoms with Gasteiger partial charge >= 0.3 is 5.97 Å². The minimum atomic E-state index is -0.757. The summed E-state index contributed by atoms with van der Waals surface area (Å²) < 4.78 is 12.9. The Balaban J connectivity index is 2.05. The van der Waals surface area contributed by atoms with Crippen LogP contribution in [0.3, 0.4) is 0 Å². The Morgan fingerprint density at radius 1 is 1.35 bits per heavy atom. The predicted octanol–water partition coefficient (Wildman–Crippen LogP) is 3.29. The number of hydrogen-bond donors (Lipinski definition) is 1. The Labute approximate surface area is 119 Å². The summed E-state index contributed by atoms with van der Waals surface area (Å²) in [6.07, 6.45) is 4.69. The number of hydrogen-bond acceptors (Lipinski definition) is 2. The fraction of sp³-hybridized carbons (Fsp3) is 0.562. The molecule has 1 aliphatic carbocycles. The quantitative estimate of drug-likeness (QED) is 0.868. The number of halogens is 1. The largest absolute Gasteiger partial charge is 0.481 e. The highest BCUT2D eigenvalue weighted by Crippen LogP contribution is 2.25. The van der Waals surface area contributed by atoms with Gasteiger partial charge in [-0.3, -0.25) is 9.69 Å². The van der Waals surface area contributed by atoms with Crippen LogP contribution in [0.25, 0.3) is 0 Å². The van der Waals surface area contributed by atoms with Crippen molar-refractivity contribution in [2.45, 2.75) is 45.2 Å². The van der Waals surface area contributed by atoms with E-state index in [-0.39, 0.29) is 11.7 Å². The molecule has 0 radical (unpaired) electrons. The molecule has 1 aromatic carbocycles. The van der Waals surface area contributed by atoms with E-state index in [1.54, 1.807) is 19.1 Å². The monoisotopic (exact) mass is 279 g/mol. The highest BCUT2D eigenvalue weighted by molar-refractivity contribution is 5.69. The number of carboxylic acid groups (broad SMARTS) is 1. The molecule has 1 aliphatic rings. The van der Waals surface area contributed by atoms with Crippen molar-refractivity contribution in [3.63, 3.8) is 0 Å². The molecule has 1 unspecified atom stereocenters. The Hall–Kier alpha value is -1.42. The zero-order valence-electron chi connectivity index (χ0n) is 11.9. The summed E-state index contributed by atoms with van der Waals surface area (Å²) in [6.45, 7) is 2.99. The Kier molecular flexibility index (Phi) is 5.12. The second-order valence-corrected chi connectivity index (χ2v) is 5.73. The molecule has 20 heavy (non-hydrogen) atoms. The predicted molar refractivity (Wildman–Crippen MR) is 75.9 cm³/mol. The van der Waals surface area contributed by atoms with E-state index >= 15 is 0 Å². The maximum atomic E-state index is 12.9. The molecule has 1 fully saturated rings. The molecule has 1 atom stereocenters. The molecule has 1 saturated carbocycles. The third-order valence-corrected chi connectivity index (χ3v) is 4.07. The fourth-order valence-electron chi connectivity index (χ4n) is 2.87. The zero-order valence-corrected chi connectivity index (χ0v) is 11.9. The lowest BCUT2D eigenvalue weighted by Gasteiger charge is -2.30. The molecule has 4 heteroatoms. The summed E-state index contributed by atoms with van der Waals surface area (Å²) in [4.78, 5) is 13.3. The minimum Gasteiger partial charge on any atom is -0.481 e. The van der Waals surface area contributed by atoms with E-state index in [1.165, 1.54) is 25.0 Å². The smallest absolute Gasteiger partial charge is 0.307 e. The highest BCUT2D eigenvalue weighted by atomic mass is 19.1. The molecule has 1 aromatic rings. The van der Waals surface area contributed by atoms with Crippen molar-refractivity contribution in [3.05, 3.63) is 35.6 Å². The lowest BCUT2D eigenvalue weighted by Crippen LogP contribution is -2.38. The van der Waals surface area contributed by atoms with E-state index in [4.69, 9.17) is 5.11 Å². The van der Waals surface area contributed by atoms with Gasteiger partial charge in [-0.15, -0.1) is 0 Å². The van der Waals surface area contributed by atoms with Crippen LogP contribution in [-0.2, 0) is 11.3 Å². The van der Waals surface area contributed by atoms with Crippen LogP contribution in [0.1, 0.15) is 38.2 Å². The second-order valence-electron chi connectivity index (χ2n) is 5.73. The number of benzene rings is 1. The van der Waals surface area contributed by atoms with E-state index in [9.17, 15) is 9.18 Å². The third kappa shape index (κ3) is 4.04. The van der Waals surface area contributed by atoms with Gasteiger partial charge in [0, 0.05) is 19.1 Å². The molecule has 1 N–H and O–H groups in total. The van der Waals surface area contributed by atoms with Crippen LogP contribution in [-0.4, -0.2) is 28.6 Å². The van der Waals surface area contributed by atoms with Gasteiger partial charge in [-0.2, -0.15) is 0 Å². The van der Waals surface area contributed by atoms with Crippen LogP contribution in [0, 0.1) is 11.7 Å². The van der Waals surface area contributed by atoms with Gasteiger partial charge in [-0.1, -0.05) is 31.9 Å². The van der Waals surface area contributed by atoms with Gasteiger partial charge in [-0.05, 0) is 30.5 Å². The maximum Gasteiger partial charge on any atom is 0.307 e. The van der Waals surface area contributed by atoms with E-state index < -0.39 is 5.97 Å². The van der Waals surface area contributed by atoms with Gasteiger partial charge in [0.15, 0.2) is 0 Å². The lowest BCUT2D eigenvalue weighted by molar-refractivity contribution is -0.142. The van der Waals surface area contributed by atoms with Crippen LogP contribution >= 0.6 is 0 Å². The first-order valence-corrected chi connectivity index (χ1v) is 7.27. The Morgan fingerprint density at radius 2 is 1.95 bits per heavy atom. The number of rotatable bonds is 6. The number of aliphatic carboxylic acids is 1. The van der Waals surface area contributed by atoms with E-state index in [1.807, 2.05) is 0 Å². The van der Waals surface area contributed by atoms with Crippen molar-refractivity contribution < 1.29 is 14.3 Å². The fourth-order valence-corrected chi connectivity index (χ4v) is 2.87. The molecular weight excluding hydrogens is 257 g/mol. The van der Waals surface area contributed by atoms with E-state index in [0.717, 1.165) is 18.4 Å². The first-order chi connectivity index (χ1) is 9.56. The van der Waals surface area contributed by atoms with E-state index in [0.29, 0.717) is 19.1 Å². The lowest BCUT2D eigenvalue weighted by atomic mass is 10.1. The first-order valence-electron chi connectivity index (χ1n) is 7.27. The second kappa shape index (κ2) is 6.84. The molecule has 0 spiro atoms. The van der Waals surface area contributed by atoms with Crippen molar-refractivity contribution in [1.29, 1.82) is 0 Å². The molecular formula is C16H22FNO2. The number of carbonyl (C=O) groups is 1. The van der Waals surface area contributed by atoms with Crippen molar-refractivity contribution in [3.8, 4) is 0 Å². The summed E-state index contributed by atoms with van der Waals surface area (Å²) in [5, 5.41) is 9.10. The molecule has 3 nitrogen and oxygen atoms in total.